The molecule has 0 spiro atoms. The van der Waals surface area contributed by atoms with Crippen molar-refractivity contribution in [2.75, 3.05) is 38.7 Å². The molecule has 1 saturated heterocycles. The summed E-state index contributed by atoms with van der Waals surface area (Å²) in [4.78, 5) is 90.9. The van der Waals surface area contributed by atoms with E-state index in [1.54, 1.807) is 0 Å². The number of nitrogens with one attached hydrogen (secondary N) is 2. The molecule has 0 aromatic carbocycles. The zero-order chi connectivity index (χ0) is 44.4. The summed E-state index contributed by atoms with van der Waals surface area (Å²) in [5.41, 5.74) is 2.87. The molecule has 0 aromatic rings. The van der Waals surface area contributed by atoms with Crippen LogP contribution >= 0.6 is 36.1 Å². The fourth-order valence-corrected chi connectivity index (χ4v) is 8.92. The first-order valence-corrected chi connectivity index (χ1v) is 23.8. The zero-order valence-electron chi connectivity index (χ0n) is 33.1. The maximum Gasteiger partial charge on any atom is 0.481 e. The second-order valence-electron chi connectivity index (χ2n) is 15.1. The number of hydrogen-bond donors (Lipinski definition) is 10. The fraction of sp³-hybridized carbons (Fsp3) is 0.806. The minimum absolute atomic E-state index is 0.0549. The Morgan fingerprint density at radius 1 is 1.05 bits per heavy atom. The minimum atomic E-state index is -5.60. The van der Waals surface area contributed by atoms with E-state index in [1.807, 2.05) is 0 Å². The van der Waals surface area contributed by atoms with Gasteiger partial charge in [-0.25, -0.2) is 23.7 Å². The average Bonchev–Trinajstić information content (AvgIpc) is 3.70. The number of aliphatic imine (C=N–C) groups is 3. The molecule has 338 valence electrons. The number of carbonyl (C=O) groups is 3. The lowest BCUT2D eigenvalue weighted by Gasteiger charge is -2.32. The molecule has 0 aliphatic carbocycles. The molecule has 0 aromatic heterocycles. The molecule has 24 nitrogen and oxygen atoms in total. The molecule has 3 heterocycles. The maximum absolute atomic E-state index is 13.3. The molecule has 1 fully saturated rings. The van der Waals surface area contributed by atoms with Crippen molar-refractivity contribution in [2.45, 2.75) is 109 Å². The van der Waals surface area contributed by atoms with Crippen molar-refractivity contribution in [1.82, 2.24) is 15.5 Å². The Balaban J connectivity index is 1.61. The van der Waals surface area contributed by atoms with Crippen LogP contribution in [0.15, 0.2) is 15.0 Å². The number of aliphatic hydroxyl groups excluding tert-OH is 2. The van der Waals surface area contributed by atoms with Crippen LogP contribution in [0.5, 0.6) is 0 Å². The molecule has 28 heteroatoms. The molecule has 3 aliphatic rings. The van der Waals surface area contributed by atoms with E-state index < -0.39 is 90.1 Å². The van der Waals surface area contributed by atoms with Gasteiger partial charge in [-0.1, -0.05) is 53.4 Å². The van der Waals surface area contributed by atoms with Crippen LogP contribution in [0.1, 0.15) is 72.6 Å². The number of rotatable bonds is 26. The number of carbonyl (C=O) groups excluding carboxylic acids is 3. The number of aliphatic hydroxyl groups is 2. The van der Waals surface area contributed by atoms with Crippen molar-refractivity contribution in [2.24, 2.45) is 32.0 Å². The Bertz CT molecular complexity index is 1730. The van der Waals surface area contributed by atoms with Crippen LogP contribution in [0.3, 0.4) is 0 Å². The highest BCUT2D eigenvalue weighted by Gasteiger charge is 2.55. The van der Waals surface area contributed by atoms with E-state index in [-0.39, 0.29) is 43.5 Å². The number of phosphoric ester groups is 3. The summed E-state index contributed by atoms with van der Waals surface area (Å²) in [7, 11) is -16.5. The summed E-state index contributed by atoms with van der Waals surface area (Å²) in [6.45, 7) is 4.58. The van der Waals surface area contributed by atoms with Crippen LogP contribution in [0.2, 0.25) is 0 Å². The van der Waals surface area contributed by atoms with Gasteiger partial charge in [-0.05, 0) is 12.3 Å². The van der Waals surface area contributed by atoms with Crippen molar-refractivity contribution in [3.63, 3.8) is 0 Å². The number of fused-ring (bicyclic) bond motifs is 1. The van der Waals surface area contributed by atoms with Gasteiger partial charge in [-0.3, -0.25) is 38.7 Å². The second-order valence-corrected chi connectivity index (χ2v) is 19.7. The number of phosphoric acid groups is 3. The fourth-order valence-electron chi connectivity index (χ4n) is 5.98. The van der Waals surface area contributed by atoms with Gasteiger partial charge >= 0.3 is 23.5 Å². The normalized spacial score (nSPS) is 25.8. The molecular formula is C31H56N7O17P3S. The number of amidine groups is 1. The number of thiol groups is 1. The van der Waals surface area contributed by atoms with E-state index in [0.717, 1.165) is 32.0 Å². The Morgan fingerprint density at radius 2 is 1.71 bits per heavy atom. The van der Waals surface area contributed by atoms with E-state index in [2.05, 4.69) is 56.4 Å². The molecular weight excluding hydrogens is 867 g/mol. The van der Waals surface area contributed by atoms with Gasteiger partial charge in [0.15, 0.2) is 17.8 Å². The Morgan fingerprint density at radius 3 is 2.36 bits per heavy atom. The summed E-state index contributed by atoms with van der Waals surface area (Å²) in [6.07, 6.45) is -3.72. The van der Waals surface area contributed by atoms with Crippen molar-refractivity contribution < 1.29 is 80.5 Å². The smallest absolute Gasteiger partial charge is 0.386 e. The molecule has 10 N–H and O–H groups in total. The largest absolute Gasteiger partial charge is 0.481 e. The zero-order valence-corrected chi connectivity index (χ0v) is 36.6. The van der Waals surface area contributed by atoms with E-state index in [9.17, 15) is 57.9 Å². The van der Waals surface area contributed by atoms with Gasteiger partial charge < -0.3 is 50.1 Å². The van der Waals surface area contributed by atoms with Gasteiger partial charge in [0.25, 0.3) is 0 Å². The lowest BCUT2D eigenvalue weighted by molar-refractivity contribution is -0.137. The van der Waals surface area contributed by atoms with Crippen LogP contribution in [0, 0.1) is 11.3 Å². The van der Waals surface area contributed by atoms with Gasteiger partial charge in [-0.15, -0.1) is 0 Å². The number of Topliss-reactive ketones (excluding diaryl/α,β-unsaturated/α-hetero) is 1. The Hall–Kier alpha value is -2.02. The SMILES string of the molecule is CC(C)CCCCCCC(=O)C1(N)N=CN=C2C1=NCN2[C@@H]1O[C@H](COP(=O)(O)OP(=O)(O)OCC(C)(C)[C@@H](O)C(=O)NCCC(=O)NCCS)[C@@H](OP(=O)(O)O)[C@H]1O. The van der Waals surface area contributed by atoms with E-state index >= 15 is 0 Å². The molecule has 8 atom stereocenters. The lowest BCUT2D eigenvalue weighted by atomic mass is 9.87. The topological polar surface area (TPSA) is 360 Å². The number of amides is 2. The Kier molecular flexibility index (Phi) is 19.0. The third kappa shape index (κ3) is 15.4. The number of ketones is 1. The van der Waals surface area contributed by atoms with E-state index in [4.69, 9.17) is 24.0 Å². The van der Waals surface area contributed by atoms with Gasteiger partial charge in [-0.2, -0.15) is 16.9 Å². The lowest BCUT2D eigenvalue weighted by Crippen LogP contribution is -2.59. The predicted molar refractivity (Wildman–Crippen MR) is 213 cm³/mol. The number of nitrogens with two attached hydrogens (primary N) is 1. The molecule has 0 saturated carbocycles. The first-order chi connectivity index (χ1) is 27.3. The highest BCUT2D eigenvalue weighted by atomic mass is 32.1. The predicted octanol–water partition coefficient (Wildman–Crippen LogP) is 0.115. The molecule has 2 amide bonds. The number of hydrogen-bond acceptors (Lipinski definition) is 19. The first-order valence-electron chi connectivity index (χ1n) is 18.6. The van der Waals surface area contributed by atoms with Gasteiger partial charge in [0, 0.05) is 37.1 Å². The number of unbranched alkanes of at least 4 members (excludes halogenated alkanes) is 3. The van der Waals surface area contributed by atoms with Gasteiger partial charge in [0.05, 0.1) is 13.2 Å². The third-order valence-electron chi connectivity index (χ3n) is 9.19. The summed E-state index contributed by atoms with van der Waals surface area (Å²) in [5.74, 6) is -0.859. The summed E-state index contributed by atoms with van der Waals surface area (Å²) >= 11 is 3.96. The average molecular weight is 924 g/mol. The molecule has 3 rings (SSSR count). The molecule has 0 radical (unpaired) electrons. The standard InChI is InChI=1S/C31H56N7O17P3S/c1-19(2)9-7-5-6-8-10-21(39)31(32)25-27(35-17-37-31)38(18-36-25)29-23(41)24(54-56(44,45)46)20(53-29)15-51-57(47,48)55-58(49,50)52-16-30(3,4)26(42)28(43)34-12-11-22(40)33-13-14-59/h17,19-20,23-24,26,29,41-42,59H,5-16,18,32H2,1-4H3,(H,33,40)(H,34,43)(H,47,48)(H,49,50)(H2,44,45,46)/t20-,23-,24-,26+,29-,31?/m1/s1. The van der Waals surface area contributed by atoms with Crippen LogP contribution in [0.25, 0.3) is 0 Å². The molecule has 0 bridgehead atoms. The van der Waals surface area contributed by atoms with Crippen LogP contribution in [-0.4, -0.2) is 145 Å². The minimum Gasteiger partial charge on any atom is -0.386 e. The quantitative estimate of drug-likeness (QED) is 0.0313. The van der Waals surface area contributed by atoms with Gasteiger partial charge in [0.1, 0.15) is 43.1 Å². The first kappa shape index (κ1) is 51.3. The third-order valence-corrected chi connectivity index (χ3v) is 12.5. The van der Waals surface area contributed by atoms with Crippen molar-refractivity contribution in [3.8, 4) is 0 Å². The summed E-state index contributed by atoms with van der Waals surface area (Å²) in [6, 6.07) is 0. The van der Waals surface area contributed by atoms with E-state index in [0.29, 0.717) is 24.6 Å². The van der Waals surface area contributed by atoms with Crippen LogP contribution in [-0.2, 0) is 50.7 Å². The summed E-state index contributed by atoms with van der Waals surface area (Å²) in [5, 5.41) is 26.6. The van der Waals surface area contributed by atoms with Crippen molar-refractivity contribution in [3.05, 3.63) is 0 Å². The number of ether oxygens (including phenoxy) is 1. The van der Waals surface area contributed by atoms with Crippen molar-refractivity contribution >= 4 is 71.6 Å². The molecule has 59 heavy (non-hydrogen) atoms. The van der Waals surface area contributed by atoms with Crippen LogP contribution < -0.4 is 16.4 Å². The second kappa shape index (κ2) is 21.9. The summed E-state index contributed by atoms with van der Waals surface area (Å²) < 4.78 is 61.7. The Labute approximate surface area is 346 Å². The van der Waals surface area contributed by atoms with Crippen molar-refractivity contribution in [1.29, 1.82) is 0 Å². The monoisotopic (exact) mass is 923 g/mol. The highest BCUT2D eigenvalue weighted by molar-refractivity contribution is 7.80. The highest BCUT2D eigenvalue weighted by Crippen LogP contribution is 2.61. The van der Waals surface area contributed by atoms with E-state index in [1.165, 1.54) is 18.7 Å². The molecule has 3 aliphatic heterocycles. The maximum atomic E-state index is 13.3. The van der Waals surface area contributed by atoms with Gasteiger partial charge in [0.2, 0.25) is 17.5 Å². The molecule has 3 unspecified atom stereocenters. The number of nitrogens with zero attached hydrogens (tertiary/aromatic N) is 4. The van der Waals surface area contributed by atoms with Crippen LogP contribution in [0.4, 0.5) is 0 Å².